The van der Waals surface area contributed by atoms with Gasteiger partial charge >= 0.3 is 0 Å². The van der Waals surface area contributed by atoms with E-state index in [1.54, 1.807) is 12.2 Å². The average molecular weight is 161 g/mol. The highest BCUT2D eigenvalue weighted by molar-refractivity contribution is 6.16. The zero-order valence-electron chi connectivity index (χ0n) is 7.24. The minimum Gasteiger partial charge on any atom is -0.281 e. The van der Waals surface area contributed by atoms with Crippen molar-refractivity contribution in [2.75, 3.05) is 0 Å². The van der Waals surface area contributed by atoms with Crippen LogP contribution in [0.15, 0.2) is 34.9 Å². The molecule has 0 saturated carbocycles. The Bertz CT molecular complexity index is 302. The van der Waals surface area contributed by atoms with Crippen LogP contribution in [0.1, 0.15) is 13.8 Å². The van der Waals surface area contributed by atoms with Gasteiger partial charge in [0.2, 0.25) is 0 Å². The topological polar surface area (TPSA) is 29.4 Å². The Morgan fingerprint density at radius 1 is 1.33 bits per heavy atom. The number of hydrogen-bond acceptors (Lipinski definition) is 2. The van der Waals surface area contributed by atoms with E-state index in [4.69, 9.17) is 0 Å². The Hall–Kier alpha value is -1.40. The van der Waals surface area contributed by atoms with E-state index in [1.807, 2.05) is 31.9 Å². The van der Waals surface area contributed by atoms with Crippen molar-refractivity contribution in [3.63, 3.8) is 0 Å². The fourth-order valence-corrected chi connectivity index (χ4v) is 0.951. The number of allylic oxidation sites excluding steroid dienone is 5. The van der Waals surface area contributed by atoms with Gasteiger partial charge in [-0.2, -0.15) is 0 Å². The Morgan fingerprint density at radius 3 is 2.58 bits per heavy atom. The molecule has 2 heteroatoms. The quantitative estimate of drug-likeness (QED) is 0.538. The summed E-state index contributed by atoms with van der Waals surface area (Å²) < 4.78 is 0. The van der Waals surface area contributed by atoms with Crippen LogP contribution in [0.25, 0.3) is 0 Å². The van der Waals surface area contributed by atoms with Gasteiger partial charge in [-0.25, -0.2) is 4.79 Å². The zero-order chi connectivity index (χ0) is 8.97. The van der Waals surface area contributed by atoms with Gasteiger partial charge in [0.15, 0.2) is 0 Å². The minimum atomic E-state index is 0.208. The van der Waals surface area contributed by atoms with Crippen LogP contribution in [0, 0.1) is 0 Å². The van der Waals surface area contributed by atoms with E-state index >= 15 is 0 Å². The van der Waals surface area contributed by atoms with E-state index in [9.17, 15) is 4.79 Å². The molecule has 0 aromatic rings. The highest BCUT2D eigenvalue weighted by Gasteiger charge is 2.04. The maximum absolute atomic E-state index is 10.4. The van der Waals surface area contributed by atoms with Crippen molar-refractivity contribution in [2.45, 2.75) is 19.9 Å². The molecule has 2 nitrogen and oxygen atoms in total. The van der Waals surface area contributed by atoms with Gasteiger partial charge in [-0.1, -0.05) is 12.2 Å². The number of nitrogens with zero attached hydrogens (tertiary/aromatic N) is 1. The average Bonchev–Trinajstić information content (AvgIpc) is 2.04. The standard InChI is InChI=1S/C10H11NO/c1-8(2)11-10-6-4-3-5-9(10)7-12/h3-6,8H,1-2H3. The van der Waals surface area contributed by atoms with Crippen molar-refractivity contribution in [1.82, 2.24) is 0 Å². The predicted octanol–water partition coefficient (Wildman–Crippen LogP) is 1.72. The lowest BCUT2D eigenvalue weighted by atomic mass is 10.1. The van der Waals surface area contributed by atoms with Crippen molar-refractivity contribution in [3.05, 3.63) is 29.9 Å². The summed E-state index contributed by atoms with van der Waals surface area (Å²) in [5.74, 6) is 1.86. The van der Waals surface area contributed by atoms with Gasteiger partial charge in [-0.15, -0.1) is 0 Å². The molecule has 0 heterocycles. The second-order valence-corrected chi connectivity index (χ2v) is 2.84. The Labute approximate surface area is 72.0 Å². The molecular weight excluding hydrogens is 150 g/mol. The fraction of sp³-hybridized carbons (Fsp3) is 0.300. The van der Waals surface area contributed by atoms with Crippen molar-refractivity contribution < 1.29 is 4.79 Å². The molecule has 0 saturated heterocycles. The fourth-order valence-electron chi connectivity index (χ4n) is 0.951. The molecule has 0 atom stereocenters. The van der Waals surface area contributed by atoms with Crippen LogP contribution < -0.4 is 0 Å². The molecule has 0 N–H and O–H groups in total. The van der Waals surface area contributed by atoms with Crippen LogP contribution in [0.3, 0.4) is 0 Å². The van der Waals surface area contributed by atoms with E-state index in [0.29, 0.717) is 5.57 Å². The Kier molecular flexibility index (Phi) is 2.78. The maximum atomic E-state index is 10.4. The van der Waals surface area contributed by atoms with Crippen molar-refractivity contribution in [3.8, 4) is 0 Å². The molecule has 0 radical (unpaired) electrons. The van der Waals surface area contributed by atoms with E-state index < -0.39 is 0 Å². The molecule has 0 aromatic heterocycles. The second kappa shape index (κ2) is 3.84. The molecular formula is C10H11NO. The third-order valence-corrected chi connectivity index (χ3v) is 1.41. The number of aliphatic imine (C=N–C) groups is 1. The van der Waals surface area contributed by atoms with E-state index in [2.05, 4.69) is 4.99 Å². The number of rotatable bonds is 1. The summed E-state index contributed by atoms with van der Waals surface area (Å²) >= 11 is 0. The molecule has 1 rings (SSSR count). The molecule has 0 aliphatic heterocycles. The van der Waals surface area contributed by atoms with Crippen LogP contribution in [0.5, 0.6) is 0 Å². The van der Waals surface area contributed by atoms with Crippen molar-refractivity contribution >= 4 is 11.7 Å². The van der Waals surface area contributed by atoms with Gasteiger partial charge in [0.05, 0.1) is 11.3 Å². The molecule has 0 spiro atoms. The van der Waals surface area contributed by atoms with E-state index in [0.717, 1.165) is 5.71 Å². The summed E-state index contributed by atoms with van der Waals surface area (Å²) in [6.45, 7) is 3.95. The van der Waals surface area contributed by atoms with Crippen molar-refractivity contribution in [1.29, 1.82) is 0 Å². The van der Waals surface area contributed by atoms with Crippen molar-refractivity contribution in [2.24, 2.45) is 4.99 Å². The lowest BCUT2D eigenvalue weighted by Crippen LogP contribution is -2.04. The van der Waals surface area contributed by atoms with Crippen LogP contribution in [-0.4, -0.2) is 17.7 Å². The van der Waals surface area contributed by atoms with Crippen LogP contribution in [0.2, 0.25) is 0 Å². The zero-order valence-corrected chi connectivity index (χ0v) is 7.24. The minimum absolute atomic E-state index is 0.208. The summed E-state index contributed by atoms with van der Waals surface area (Å²) in [7, 11) is 0. The molecule has 0 aromatic carbocycles. The summed E-state index contributed by atoms with van der Waals surface area (Å²) in [5.41, 5.74) is 1.26. The molecule has 1 aliphatic rings. The van der Waals surface area contributed by atoms with Crippen LogP contribution >= 0.6 is 0 Å². The highest BCUT2D eigenvalue weighted by Crippen LogP contribution is 2.06. The van der Waals surface area contributed by atoms with E-state index in [1.165, 1.54) is 0 Å². The van der Waals surface area contributed by atoms with Gasteiger partial charge in [0.1, 0.15) is 5.94 Å². The van der Waals surface area contributed by atoms with Gasteiger partial charge in [0, 0.05) is 6.04 Å². The Balaban J connectivity index is 2.98. The van der Waals surface area contributed by atoms with Gasteiger partial charge in [-0.05, 0) is 26.0 Å². The Morgan fingerprint density at radius 2 is 2.00 bits per heavy atom. The van der Waals surface area contributed by atoms with Crippen LogP contribution in [0.4, 0.5) is 0 Å². The molecule has 1 aliphatic carbocycles. The maximum Gasteiger partial charge on any atom is 0.134 e. The van der Waals surface area contributed by atoms with E-state index in [-0.39, 0.29) is 6.04 Å². The first kappa shape index (κ1) is 8.69. The first-order chi connectivity index (χ1) is 5.74. The largest absolute Gasteiger partial charge is 0.281 e. The van der Waals surface area contributed by atoms with Gasteiger partial charge in [0.25, 0.3) is 0 Å². The van der Waals surface area contributed by atoms with Crippen LogP contribution in [-0.2, 0) is 4.79 Å². The molecule has 0 unspecified atom stereocenters. The summed E-state index contributed by atoms with van der Waals surface area (Å²) in [5, 5.41) is 0. The monoisotopic (exact) mass is 161 g/mol. The first-order valence-electron chi connectivity index (χ1n) is 3.92. The summed E-state index contributed by atoms with van der Waals surface area (Å²) in [6.07, 6.45) is 7.20. The lowest BCUT2D eigenvalue weighted by Gasteiger charge is -2.04. The third-order valence-electron chi connectivity index (χ3n) is 1.41. The summed E-state index contributed by atoms with van der Waals surface area (Å²) in [6, 6.07) is 0.208. The third kappa shape index (κ3) is 2.04. The summed E-state index contributed by atoms with van der Waals surface area (Å²) in [4.78, 5) is 14.7. The predicted molar refractivity (Wildman–Crippen MR) is 50.1 cm³/mol. The van der Waals surface area contributed by atoms with Gasteiger partial charge in [-0.3, -0.25) is 4.99 Å². The SMILES string of the molecule is CC(C)N=C1C=CC=CC1=C=O. The molecule has 12 heavy (non-hydrogen) atoms. The second-order valence-electron chi connectivity index (χ2n) is 2.84. The van der Waals surface area contributed by atoms with Gasteiger partial charge < -0.3 is 0 Å². The lowest BCUT2D eigenvalue weighted by molar-refractivity contribution is 0.568. The molecule has 0 fully saturated rings. The molecule has 62 valence electrons. The molecule has 0 amide bonds. The molecule has 0 bridgehead atoms. The first-order valence-corrected chi connectivity index (χ1v) is 3.92. The normalized spacial score (nSPS) is 18.9. The number of carbonyl (C=O) groups excluding carboxylic acids is 1. The highest BCUT2D eigenvalue weighted by atomic mass is 16.1. The number of hydrogen-bond donors (Lipinski definition) is 0. The smallest absolute Gasteiger partial charge is 0.134 e.